The number of nitrogens with zero attached hydrogens (tertiary/aromatic N) is 2. The topological polar surface area (TPSA) is 42.0 Å². The smallest absolute Gasteiger partial charge is 0.410 e. The maximum atomic E-state index is 13.0. The van der Waals surface area contributed by atoms with E-state index in [9.17, 15) is 18.0 Å². The number of benzene rings is 1. The number of anilines is 1. The van der Waals surface area contributed by atoms with Crippen LogP contribution >= 0.6 is 0 Å². The summed E-state index contributed by atoms with van der Waals surface area (Å²) in [6.45, 7) is 7.73. The molecular formula is C20H27F3N2O3. The highest BCUT2D eigenvalue weighted by Gasteiger charge is 2.35. The zero-order valence-electron chi connectivity index (χ0n) is 16.8. The highest BCUT2D eigenvalue weighted by atomic mass is 19.4. The minimum atomic E-state index is -4.28. The van der Waals surface area contributed by atoms with E-state index in [0.717, 1.165) is 16.7 Å². The molecule has 5 nitrogen and oxygen atoms in total. The Bertz CT molecular complexity index is 757. The van der Waals surface area contributed by atoms with Gasteiger partial charge in [-0.15, -0.1) is 0 Å². The molecular weight excluding hydrogens is 373 g/mol. The molecule has 0 N–H and O–H groups in total. The lowest BCUT2D eigenvalue weighted by Gasteiger charge is -2.34. The summed E-state index contributed by atoms with van der Waals surface area (Å²) >= 11 is 0. The Labute approximate surface area is 163 Å². The zero-order chi connectivity index (χ0) is 20.7. The molecule has 28 heavy (non-hydrogen) atoms. The number of hydrogen-bond donors (Lipinski definition) is 0. The number of alkyl halides is 3. The molecule has 0 atom stereocenters. The van der Waals surface area contributed by atoms with Crippen LogP contribution < -0.4 is 9.64 Å². The molecule has 2 heterocycles. The fourth-order valence-corrected chi connectivity index (χ4v) is 3.83. The van der Waals surface area contributed by atoms with Crippen molar-refractivity contribution in [2.24, 2.45) is 0 Å². The third-order valence-corrected chi connectivity index (χ3v) is 4.97. The van der Waals surface area contributed by atoms with Gasteiger partial charge in [-0.2, -0.15) is 13.2 Å². The van der Waals surface area contributed by atoms with Gasteiger partial charge in [0.2, 0.25) is 0 Å². The van der Waals surface area contributed by atoms with Gasteiger partial charge in [0.15, 0.2) is 0 Å². The van der Waals surface area contributed by atoms with Gasteiger partial charge in [-0.25, -0.2) is 4.79 Å². The minimum absolute atomic E-state index is 0.205. The van der Waals surface area contributed by atoms with Gasteiger partial charge in [0.05, 0.1) is 12.2 Å². The number of ether oxygens (including phenoxy) is 2. The molecule has 156 valence electrons. The van der Waals surface area contributed by atoms with E-state index in [1.165, 1.54) is 4.90 Å². The summed E-state index contributed by atoms with van der Waals surface area (Å²) in [7, 11) is 0. The van der Waals surface area contributed by atoms with Crippen molar-refractivity contribution >= 4 is 11.8 Å². The molecule has 3 rings (SSSR count). The standard InChI is InChI=1S/C20H27F3N2O3/c1-13-15-6-8-24(18(26)28-19(2,3)4)7-5-14(15)11-16-17(13)25(9-10-27-16)12-20(21,22)23/h11H,5-10,12H2,1-4H3. The molecule has 0 saturated carbocycles. The Kier molecular flexibility index (Phi) is 5.42. The van der Waals surface area contributed by atoms with Crippen molar-refractivity contribution in [2.75, 3.05) is 37.7 Å². The Hall–Kier alpha value is -2.12. The summed E-state index contributed by atoms with van der Waals surface area (Å²) in [6, 6.07) is 1.85. The fraction of sp³-hybridized carbons (Fsp3) is 0.650. The quantitative estimate of drug-likeness (QED) is 0.712. The van der Waals surface area contributed by atoms with Gasteiger partial charge < -0.3 is 19.3 Å². The van der Waals surface area contributed by atoms with Crippen LogP contribution in [0.15, 0.2) is 6.07 Å². The summed E-state index contributed by atoms with van der Waals surface area (Å²) in [5.74, 6) is 0.498. The number of hydrogen-bond acceptors (Lipinski definition) is 4. The van der Waals surface area contributed by atoms with Crippen molar-refractivity contribution < 1.29 is 27.4 Å². The first-order valence-electron chi connectivity index (χ1n) is 9.52. The van der Waals surface area contributed by atoms with Crippen molar-refractivity contribution in [3.63, 3.8) is 0 Å². The van der Waals surface area contributed by atoms with E-state index in [1.807, 2.05) is 33.8 Å². The first-order valence-corrected chi connectivity index (χ1v) is 9.52. The molecule has 0 unspecified atom stereocenters. The third-order valence-electron chi connectivity index (χ3n) is 4.97. The van der Waals surface area contributed by atoms with Gasteiger partial charge >= 0.3 is 12.3 Å². The van der Waals surface area contributed by atoms with Crippen molar-refractivity contribution in [2.45, 2.75) is 52.3 Å². The molecule has 0 radical (unpaired) electrons. The Morgan fingerprint density at radius 3 is 2.50 bits per heavy atom. The lowest BCUT2D eigenvalue weighted by atomic mass is 9.94. The van der Waals surface area contributed by atoms with Crippen molar-refractivity contribution in [1.82, 2.24) is 4.90 Å². The first kappa shape index (κ1) is 20.6. The van der Waals surface area contributed by atoms with Gasteiger partial charge in [0.25, 0.3) is 0 Å². The van der Waals surface area contributed by atoms with Crippen LogP contribution in [0.25, 0.3) is 0 Å². The summed E-state index contributed by atoms with van der Waals surface area (Å²) in [5.41, 5.74) is 2.78. The molecule has 8 heteroatoms. The number of fused-ring (bicyclic) bond motifs is 2. The van der Waals surface area contributed by atoms with Crippen LogP contribution in [0.3, 0.4) is 0 Å². The molecule has 0 aliphatic carbocycles. The number of carbonyl (C=O) groups is 1. The maximum Gasteiger partial charge on any atom is 0.410 e. The van der Waals surface area contributed by atoms with Crippen LogP contribution in [0, 0.1) is 6.92 Å². The number of rotatable bonds is 1. The normalized spacial score (nSPS) is 17.4. The molecule has 0 saturated heterocycles. The first-order chi connectivity index (χ1) is 12.9. The van der Waals surface area contributed by atoms with E-state index in [1.54, 1.807) is 4.90 Å². The average molecular weight is 400 g/mol. The molecule has 0 fully saturated rings. The predicted molar refractivity (Wildman–Crippen MR) is 100 cm³/mol. The van der Waals surface area contributed by atoms with Crippen LogP contribution in [0.1, 0.15) is 37.5 Å². The van der Waals surface area contributed by atoms with Gasteiger partial charge in [0, 0.05) is 13.1 Å². The molecule has 2 aliphatic rings. The van der Waals surface area contributed by atoms with Crippen molar-refractivity contribution in [3.8, 4) is 5.75 Å². The summed E-state index contributed by atoms with van der Waals surface area (Å²) in [6.07, 6.45) is -3.45. The second-order valence-corrected chi connectivity index (χ2v) is 8.34. The van der Waals surface area contributed by atoms with Crippen LogP contribution in [0.5, 0.6) is 5.75 Å². The van der Waals surface area contributed by atoms with E-state index in [2.05, 4.69) is 0 Å². The zero-order valence-corrected chi connectivity index (χ0v) is 16.8. The lowest BCUT2D eigenvalue weighted by Crippen LogP contribution is -2.40. The van der Waals surface area contributed by atoms with Crippen molar-refractivity contribution in [3.05, 3.63) is 22.8 Å². The molecule has 0 bridgehead atoms. The highest BCUT2D eigenvalue weighted by Crippen LogP contribution is 2.40. The average Bonchev–Trinajstić information content (AvgIpc) is 2.75. The van der Waals surface area contributed by atoms with Crippen LogP contribution in [0.2, 0.25) is 0 Å². The van der Waals surface area contributed by atoms with E-state index >= 15 is 0 Å². The molecule has 1 amide bonds. The number of halogens is 3. The Morgan fingerprint density at radius 1 is 1.18 bits per heavy atom. The van der Waals surface area contributed by atoms with E-state index < -0.39 is 18.3 Å². The summed E-state index contributed by atoms with van der Waals surface area (Å²) in [5, 5.41) is 0. The number of carbonyl (C=O) groups excluding carboxylic acids is 1. The minimum Gasteiger partial charge on any atom is -0.490 e. The monoisotopic (exact) mass is 400 g/mol. The predicted octanol–water partition coefficient (Wildman–Crippen LogP) is 4.09. The van der Waals surface area contributed by atoms with Gasteiger partial charge in [-0.1, -0.05) is 0 Å². The summed E-state index contributed by atoms with van der Waals surface area (Å²) in [4.78, 5) is 15.4. The molecule has 0 aromatic heterocycles. The van der Waals surface area contributed by atoms with Crippen LogP contribution in [-0.4, -0.2) is 55.6 Å². The van der Waals surface area contributed by atoms with Crippen LogP contribution in [0.4, 0.5) is 23.7 Å². The molecule has 0 spiro atoms. The van der Waals surface area contributed by atoms with Gasteiger partial charge in [-0.05, 0) is 63.3 Å². The van der Waals surface area contributed by atoms with E-state index in [-0.39, 0.29) is 19.2 Å². The molecule has 1 aromatic rings. The largest absolute Gasteiger partial charge is 0.490 e. The Morgan fingerprint density at radius 2 is 1.86 bits per heavy atom. The fourth-order valence-electron chi connectivity index (χ4n) is 3.83. The lowest BCUT2D eigenvalue weighted by molar-refractivity contribution is -0.120. The van der Waals surface area contributed by atoms with E-state index in [4.69, 9.17) is 9.47 Å². The third kappa shape index (κ3) is 4.64. The SMILES string of the molecule is Cc1c2c(cc3c1N(CC(F)(F)F)CCO3)CCN(C(=O)OC(C)(C)C)CC2. The summed E-state index contributed by atoms with van der Waals surface area (Å²) < 4.78 is 50.2. The second-order valence-electron chi connectivity index (χ2n) is 8.34. The van der Waals surface area contributed by atoms with E-state index in [0.29, 0.717) is 37.4 Å². The second kappa shape index (κ2) is 7.37. The maximum absolute atomic E-state index is 13.0. The van der Waals surface area contributed by atoms with Gasteiger partial charge in [-0.3, -0.25) is 0 Å². The van der Waals surface area contributed by atoms with Crippen molar-refractivity contribution in [1.29, 1.82) is 0 Å². The van der Waals surface area contributed by atoms with Crippen LogP contribution in [-0.2, 0) is 17.6 Å². The molecule has 2 aliphatic heterocycles. The molecule has 1 aromatic carbocycles. The number of amides is 1. The highest BCUT2D eigenvalue weighted by molar-refractivity contribution is 5.71. The van der Waals surface area contributed by atoms with Gasteiger partial charge in [0.1, 0.15) is 24.5 Å². The Balaban J connectivity index is 1.86.